The molecule has 1 rings (SSSR count). The van der Waals surface area contributed by atoms with E-state index in [1.54, 1.807) is 0 Å². The molecule has 4 nitrogen and oxygen atoms in total. The van der Waals surface area contributed by atoms with Crippen LogP contribution in [0.2, 0.25) is 5.02 Å². The Morgan fingerprint density at radius 1 is 1.58 bits per heavy atom. The molecule has 64 valence electrons. The molecule has 0 amide bonds. The van der Waals surface area contributed by atoms with Crippen molar-refractivity contribution in [3.05, 3.63) is 31.7 Å². The molecule has 0 heterocycles. The van der Waals surface area contributed by atoms with Crippen molar-refractivity contribution in [3.8, 4) is 5.75 Å². The maximum absolute atomic E-state index is 10.3. The van der Waals surface area contributed by atoms with Gasteiger partial charge in [0, 0.05) is 10.5 Å². The van der Waals surface area contributed by atoms with Crippen molar-refractivity contribution >= 4 is 33.2 Å². The summed E-state index contributed by atoms with van der Waals surface area (Å²) in [5.41, 5.74) is -0.400. The van der Waals surface area contributed by atoms with Gasteiger partial charge in [0.2, 0.25) is 5.75 Å². The number of aromatic hydroxyl groups is 1. The van der Waals surface area contributed by atoms with Crippen LogP contribution in [0, 0.1) is 10.1 Å². The van der Waals surface area contributed by atoms with Crippen LogP contribution in [0.3, 0.4) is 0 Å². The Morgan fingerprint density at radius 2 is 2.17 bits per heavy atom. The van der Waals surface area contributed by atoms with Crippen molar-refractivity contribution in [1.29, 1.82) is 0 Å². The molecule has 1 N–H and O–H groups in total. The molecule has 0 fully saturated rings. The van der Waals surface area contributed by atoms with E-state index in [1.165, 1.54) is 12.1 Å². The van der Waals surface area contributed by atoms with E-state index in [0.29, 0.717) is 4.47 Å². The quantitative estimate of drug-likeness (QED) is 0.617. The van der Waals surface area contributed by atoms with E-state index < -0.39 is 16.4 Å². The lowest BCUT2D eigenvalue weighted by Gasteiger charge is -1.99. The number of halogens is 2. The van der Waals surface area contributed by atoms with Gasteiger partial charge in [-0.05, 0) is 22.0 Å². The van der Waals surface area contributed by atoms with Crippen molar-refractivity contribution < 1.29 is 10.0 Å². The summed E-state index contributed by atoms with van der Waals surface area (Å²) in [6.07, 6.45) is 0. The largest absolute Gasteiger partial charge is 0.501 e. The van der Waals surface area contributed by atoms with Gasteiger partial charge in [0.1, 0.15) is 5.02 Å². The molecule has 1 aromatic rings. The van der Waals surface area contributed by atoms with Gasteiger partial charge in [-0.2, -0.15) is 0 Å². The number of benzene rings is 1. The Kier molecular flexibility index (Phi) is 2.54. The van der Waals surface area contributed by atoms with Gasteiger partial charge in [0.05, 0.1) is 4.92 Å². The van der Waals surface area contributed by atoms with Gasteiger partial charge in [-0.1, -0.05) is 11.6 Å². The van der Waals surface area contributed by atoms with Gasteiger partial charge in [0.15, 0.2) is 0 Å². The van der Waals surface area contributed by atoms with E-state index >= 15 is 0 Å². The predicted octanol–water partition coefficient (Wildman–Crippen LogP) is 2.72. The summed E-state index contributed by atoms with van der Waals surface area (Å²) in [6, 6.07) is 2.57. The summed E-state index contributed by atoms with van der Waals surface area (Å²) >= 11 is 8.54. The first-order valence-electron chi connectivity index (χ1n) is 2.85. The molecule has 0 unspecified atom stereocenters. The monoisotopic (exact) mass is 251 g/mol. The van der Waals surface area contributed by atoms with Crippen LogP contribution in [0.15, 0.2) is 16.6 Å². The Hall–Kier alpha value is -0.810. The molecule has 0 aliphatic heterocycles. The SMILES string of the molecule is O=[N+]([O-])c1ccc(Br)c(Cl)c1O. The third kappa shape index (κ3) is 1.51. The lowest BCUT2D eigenvalue weighted by Crippen LogP contribution is -1.88. The zero-order valence-corrected chi connectivity index (χ0v) is 7.96. The summed E-state index contributed by atoms with van der Waals surface area (Å²) in [6.45, 7) is 0. The van der Waals surface area contributed by atoms with Crippen molar-refractivity contribution in [1.82, 2.24) is 0 Å². The first-order valence-corrected chi connectivity index (χ1v) is 4.02. The van der Waals surface area contributed by atoms with E-state index in [-0.39, 0.29) is 5.02 Å². The highest BCUT2D eigenvalue weighted by molar-refractivity contribution is 9.10. The molecular weight excluding hydrogens is 249 g/mol. The Morgan fingerprint density at radius 3 is 2.67 bits per heavy atom. The Balaban J connectivity index is 3.36. The molecule has 0 radical (unpaired) electrons. The van der Waals surface area contributed by atoms with Gasteiger partial charge in [-0.15, -0.1) is 0 Å². The second kappa shape index (κ2) is 3.28. The smallest absolute Gasteiger partial charge is 0.312 e. The topological polar surface area (TPSA) is 63.4 Å². The molecule has 0 saturated heterocycles. The van der Waals surface area contributed by atoms with Crippen molar-refractivity contribution in [2.24, 2.45) is 0 Å². The molecule has 6 heteroatoms. The number of hydrogen-bond donors (Lipinski definition) is 1. The van der Waals surface area contributed by atoms with Gasteiger partial charge in [-0.3, -0.25) is 10.1 Å². The highest BCUT2D eigenvalue weighted by Gasteiger charge is 2.17. The molecule has 0 bridgehead atoms. The van der Waals surface area contributed by atoms with E-state index in [4.69, 9.17) is 16.7 Å². The van der Waals surface area contributed by atoms with Crippen LogP contribution < -0.4 is 0 Å². The van der Waals surface area contributed by atoms with Gasteiger partial charge in [-0.25, -0.2) is 0 Å². The van der Waals surface area contributed by atoms with Crippen molar-refractivity contribution in [3.63, 3.8) is 0 Å². The molecule has 0 saturated carbocycles. The summed E-state index contributed by atoms with van der Waals surface area (Å²) in [5.74, 6) is -0.518. The third-order valence-corrected chi connectivity index (χ3v) is 2.52. The Labute approximate surface area is 81.0 Å². The van der Waals surface area contributed by atoms with Crippen LogP contribution in [0.25, 0.3) is 0 Å². The second-order valence-corrected chi connectivity index (χ2v) is 3.22. The van der Waals surface area contributed by atoms with Gasteiger partial charge >= 0.3 is 5.69 Å². The van der Waals surface area contributed by atoms with Crippen LogP contribution in [-0.2, 0) is 0 Å². The fourth-order valence-electron chi connectivity index (χ4n) is 0.677. The van der Waals surface area contributed by atoms with Gasteiger partial charge < -0.3 is 5.11 Å². The van der Waals surface area contributed by atoms with Crippen LogP contribution >= 0.6 is 27.5 Å². The van der Waals surface area contributed by atoms with Gasteiger partial charge in [0.25, 0.3) is 0 Å². The Bertz CT molecular complexity index is 342. The van der Waals surface area contributed by atoms with E-state index in [2.05, 4.69) is 15.9 Å². The molecule has 1 aromatic carbocycles. The van der Waals surface area contributed by atoms with Crippen LogP contribution in [-0.4, -0.2) is 10.0 Å². The molecular formula is C6H3BrClNO3. The lowest BCUT2D eigenvalue weighted by atomic mass is 10.3. The highest BCUT2D eigenvalue weighted by Crippen LogP contribution is 2.38. The van der Waals surface area contributed by atoms with Crippen molar-refractivity contribution in [2.75, 3.05) is 0 Å². The number of phenols is 1. The first-order chi connectivity index (χ1) is 5.54. The molecule has 0 spiro atoms. The summed E-state index contributed by atoms with van der Waals surface area (Å²) in [7, 11) is 0. The molecule has 0 atom stereocenters. The zero-order valence-electron chi connectivity index (χ0n) is 5.62. The van der Waals surface area contributed by atoms with E-state index in [9.17, 15) is 10.1 Å². The normalized spacial score (nSPS) is 9.83. The summed E-state index contributed by atoms with van der Waals surface area (Å²) < 4.78 is 0.423. The average molecular weight is 252 g/mol. The number of phenolic OH excluding ortho intramolecular Hbond substituents is 1. The highest BCUT2D eigenvalue weighted by atomic mass is 79.9. The third-order valence-electron chi connectivity index (χ3n) is 1.24. The molecule has 0 aliphatic rings. The number of rotatable bonds is 1. The first kappa shape index (κ1) is 9.28. The fraction of sp³-hybridized carbons (Fsp3) is 0. The molecule has 0 aliphatic carbocycles. The molecule has 0 aromatic heterocycles. The summed E-state index contributed by atoms with van der Waals surface area (Å²) in [5, 5.41) is 19.4. The number of nitro benzene ring substituents is 1. The van der Waals surface area contributed by atoms with E-state index in [1.807, 2.05) is 0 Å². The van der Waals surface area contributed by atoms with Crippen molar-refractivity contribution in [2.45, 2.75) is 0 Å². The standard InChI is InChI=1S/C6H3BrClNO3/c7-3-1-2-4(9(11)12)6(10)5(3)8/h1-2,10H. The molecule has 12 heavy (non-hydrogen) atoms. The minimum absolute atomic E-state index is 0.0517. The zero-order chi connectivity index (χ0) is 9.30. The van der Waals surface area contributed by atoms with E-state index in [0.717, 1.165) is 0 Å². The maximum atomic E-state index is 10.3. The maximum Gasteiger partial charge on any atom is 0.312 e. The van der Waals surface area contributed by atoms with Crippen LogP contribution in [0.1, 0.15) is 0 Å². The second-order valence-electron chi connectivity index (χ2n) is 1.99. The number of nitrogens with zero attached hydrogens (tertiary/aromatic N) is 1. The minimum atomic E-state index is -0.701. The van der Waals surface area contributed by atoms with Crippen LogP contribution in [0.5, 0.6) is 5.75 Å². The minimum Gasteiger partial charge on any atom is -0.501 e. The predicted molar refractivity (Wildman–Crippen MR) is 47.5 cm³/mol. The summed E-state index contributed by atoms with van der Waals surface area (Å²) in [4.78, 5) is 9.56. The van der Waals surface area contributed by atoms with Crippen LogP contribution in [0.4, 0.5) is 5.69 Å². The number of nitro groups is 1. The fourth-order valence-corrected chi connectivity index (χ4v) is 1.16. The lowest BCUT2D eigenvalue weighted by molar-refractivity contribution is -0.385. The number of hydrogen-bond acceptors (Lipinski definition) is 3. The average Bonchev–Trinajstić information content (AvgIpc) is 2.00.